The van der Waals surface area contributed by atoms with Crippen molar-refractivity contribution in [3.63, 3.8) is 0 Å². The van der Waals surface area contributed by atoms with E-state index >= 15 is 0 Å². The first-order valence-corrected chi connectivity index (χ1v) is 6.49. The van der Waals surface area contributed by atoms with Gasteiger partial charge in [0, 0.05) is 0 Å². The minimum atomic E-state index is -0.689. The summed E-state index contributed by atoms with van der Waals surface area (Å²) in [7, 11) is 1.49. The number of benzene rings is 2. The molecule has 0 spiro atoms. The highest BCUT2D eigenvalue weighted by Crippen LogP contribution is 2.22. The van der Waals surface area contributed by atoms with Crippen LogP contribution in [0, 0.1) is 0 Å². The van der Waals surface area contributed by atoms with Crippen molar-refractivity contribution in [2.75, 3.05) is 19.0 Å². The van der Waals surface area contributed by atoms with Gasteiger partial charge in [0.1, 0.15) is 11.5 Å². The van der Waals surface area contributed by atoms with Crippen LogP contribution in [0.25, 0.3) is 0 Å². The zero-order chi connectivity index (χ0) is 15.9. The molecule has 22 heavy (non-hydrogen) atoms. The lowest BCUT2D eigenvalue weighted by Gasteiger charge is -2.10. The van der Waals surface area contributed by atoms with Crippen molar-refractivity contribution in [2.24, 2.45) is 0 Å². The number of carbonyl (C=O) groups is 2. The van der Waals surface area contributed by atoms with E-state index in [2.05, 4.69) is 5.32 Å². The molecular weight excluding hydrogens is 286 g/mol. The third-order valence-corrected chi connectivity index (χ3v) is 2.80. The Labute approximate surface area is 127 Å². The Balaban J connectivity index is 1.91. The summed E-state index contributed by atoms with van der Waals surface area (Å²) in [4.78, 5) is 23.5. The van der Waals surface area contributed by atoms with Gasteiger partial charge in [0.15, 0.2) is 6.61 Å². The van der Waals surface area contributed by atoms with Gasteiger partial charge in [-0.2, -0.15) is 0 Å². The molecule has 0 aliphatic carbocycles. The first-order valence-electron chi connectivity index (χ1n) is 6.49. The maximum absolute atomic E-state index is 11.8. The van der Waals surface area contributed by atoms with Gasteiger partial charge in [0.2, 0.25) is 0 Å². The number of hydrogen-bond donors (Lipinski definition) is 2. The first-order chi connectivity index (χ1) is 10.6. The average molecular weight is 301 g/mol. The van der Waals surface area contributed by atoms with Crippen molar-refractivity contribution < 1.29 is 24.2 Å². The van der Waals surface area contributed by atoms with Crippen molar-refractivity contribution in [3.8, 4) is 11.5 Å². The summed E-state index contributed by atoms with van der Waals surface area (Å²) in [5.74, 6) is -0.716. The Kier molecular flexibility index (Phi) is 4.98. The van der Waals surface area contributed by atoms with Crippen molar-refractivity contribution in [3.05, 3.63) is 54.1 Å². The molecule has 0 aromatic heterocycles. The van der Waals surface area contributed by atoms with E-state index in [0.29, 0.717) is 11.4 Å². The summed E-state index contributed by atoms with van der Waals surface area (Å²) in [6.45, 7) is -0.438. The minimum Gasteiger partial charge on any atom is -0.508 e. The Bertz CT molecular complexity index is 684. The smallest absolute Gasteiger partial charge is 0.338 e. The molecule has 2 aromatic rings. The lowest BCUT2D eigenvalue weighted by atomic mass is 10.2. The molecule has 114 valence electrons. The number of ether oxygens (including phenoxy) is 2. The highest BCUT2D eigenvalue weighted by Gasteiger charge is 2.12. The van der Waals surface area contributed by atoms with Gasteiger partial charge in [-0.05, 0) is 30.3 Å². The molecule has 2 rings (SSSR count). The van der Waals surface area contributed by atoms with E-state index in [0.717, 1.165) is 0 Å². The number of nitrogens with one attached hydrogen (secondary N) is 1. The van der Waals surface area contributed by atoms with Crippen molar-refractivity contribution >= 4 is 17.6 Å². The van der Waals surface area contributed by atoms with Gasteiger partial charge in [0.25, 0.3) is 5.91 Å². The lowest BCUT2D eigenvalue weighted by Crippen LogP contribution is -2.21. The summed E-state index contributed by atoms with van der Waals surface area (Å²) >= 11 is 0. The van der Waals surface area contributed by atoms with Crippen LogP contribution in [-0.4, -0.2) is 30.7 Å². The van der Waals surface area contributed by atoms with E-state index in [-0.39, 0.29) is 11.3 Å². The zero-order valence-electron chi connectivity index (χ0n) is 11.9. The summed E-state index contributed by atoms with van der Waals surface area (Å²) in [6, 6.07) is 12.6. The fourth-order valence-corrected chi connectivity index (χ4v) is 1.78. The average Bonchev–Trinajstić information content (AvgIpc) is 2.53. The molecule has 0 fully saturated rings. The monoisotopic (exact) mass is 301 g/mol. The maximum Gasteiger partial charge on any atom is 0.338 e. The molecule has 2 N–H and O–H groups in total. The van der Waals surface area contributed by atoms with Gasteiger partial charge in [-0.3, -0.25) is 4.79 Å². The van der Waals surface area contributed by atoms with E-state index < -0.39 is 18.5 Å². The molecule has 0 aliphatic rings. The molecule has 0 aliphatic heterocycles. The van der Waals surface area contributed by atoms with E-state index in [1.54, 1.807) is 24.3 Å². The third kappa shape index (κ3) is 3.99. The molecule has 6 heteroatoms. The summed E-state index contributed by atoms with van der Waals surface area (Å²) in [5, 5.41) is 11.9. The van der Waals surface area contributed by atoms with Crippen LogP contribution in [0.2, 0.25) is 0 Å². The van der Waals surface area contributed by atoms with E-state index in [4.69, 9.17) is 9.47 Å². The van der Waals surface area contributed by atoms with Crippen LogP contribution in [0.15, 0.2) is 48.5 Å². The second kappa shape index (κ2) is 7.12. The Hall–Kier alpha value is -3.02. The number of methoxy groups -OCH3 is 1. The van der Waals surface area contributed by atoms with Gasteiger partial charge in [-0.25, -0.2) is 4.79 Å². The van der Waals surface area contributed by atoms with Crippen molar-refractivity contribution in [1.29, 1.82) is 0 Å². The highest BCUT2D eigenvalue weighted by atomic mass is 16.5. The number of rotatable bonds is 5. The molecule has 0 saturated heterocycles. The second-order valence-electron chi connectivity index (χ2n) is 4.37. The summed E-state index contributed by atoms with van der Waals surface area (Å²) in [5.41, 5.74) is 0.661. The molecule has 0 unspecified atom stereocenters. The lowest BCUT2D eigenvalue weighted by molar-refractivity contribution is -0.119. The van der Waals surface area contributed by atoms with Gasteiger partial charge in [0.05, 0.1) is 18.4 Å². The number of phenolic OH excluding ortho intramolecular Hbond substituents is 1. The van der Waals surface area contributed by atoms with Crippen LogP contribution >= 0.6 is 0 Å². The summed E-state index contributed by atoms with van der Waals surface area (Å²) in [6.07, 6.45) is 0. The number of amides is 1. The topological polar surface area (TPSA) is 84.9 Å². The number of para-hydroxylation sites is 2. The van der Waals surface area contributed by atoms with Crippen LogP contribution in [0.1, 0.15) is 10.4 Å². The first kappa shape index (κ1) is 15.4. The third-order valence-electron chi connectivity index (χ3n) is 2.80. The van der Waals surface area contributed by atoms with Crippen LogP contribution < -0.4 is 10.1 Å². The quantitative estimate of drug-likeness (QED) is 0.827. The maximum atomic E-state index is 11.8. The van der Waals surface area contributed by atoms with Crippen LogP contribution in [0.5, 0.6) is 11.5 Å². The molecule has 0 bridgehead atoms. The number of hydrogen-bond acceptors (Lipinski definition) is 5. The Morgan fingerprint density at radius 1 is 1.14 bits per heavy atom. The van der Waals surface area contributed by atoms with Crippen LogP contribution in [0.3, 0.4) is 0 Å². The fourth-order valence-electron chi connectivity index (χ4n) is 1.78. The second-order valence-corrected chi connectivity index (χ2v) is 4.37. The van der Waals surface area contributed by atoms with Gasteiger partial charge < -0.3 is 19.9 Å². The fraction of sp³-hybridized carbons (Fsp3) is 0.125. The molecule has 0 saturated carbocycles. The number of carbonyl (C=O) groups excluding carboxylic acids is 2. The molecule has 0 radical (unpaired) electrons. The highest BCUT2D eigenvalue weighted by molar-refractivity contribution is 5.96. The Morgan fingerprint density at radius 2 is 1.91 bits per heavy atom. The van der Waals surface area contributed by atoms with E-state index in [1.165, 1.54) is 31.4 Å². The molecule has 1 amide bonds. The normalized spacial score (nSPS) is 9.86. The summed E-state index contributed by atoms with van der Waals surface area (Å²) < 4.78 is 9.99. The largest absolute Gasteiger partial charge is 0.508 e. The number of phenols is 1. The van der Waals surface area contributed by atoms with Gasteiger partial charge in [-0.15, -0.1) is 0 Å². The number of aromatic hydroxyl groups is 1. The SMILES string of the molecule is COc1ccccc1NC(=O)COC(=O)c1cccc(O)c1. The van der Waals surface area contributed by atoms with Crippen molar-refractivity contribution in [1.82, 2.24) is 0 Å². The predicted octanol–water partition coefficient (Wildman–Crippen LogP) is 2.20. The van der Waals surface area contributed by atoms with Gasteiger partial charge >= 0.3 is 5.97 Å². The minimum absolute atomic E-state index is 0.0482. The van der Waals surface area contributed by atoms with E-state index in [1.807, 2.05) is 0 Å². The van der Waals surface area contributed by atoms with E-state index in [9.17, 15) is 14.7 Å². The predicted molar refractivity (Wildman–Crippen MR) is 80.0 cm³/mol. The van der Waals surface area contributed by atoms with Crippen LogP contribution in [0.4, 0.5) is 5.69 Å². The molecule has 2 aromatic carbocycles. The number of anilines is 1. The molecule has 0 atom stereocenters. The number of esters is 1. The molecule has 6 nitrogen and oxygen atoms in total. The molecular formula is C16H15NO5. The van der Waals surface area contributed by atoms with Crippen LogP contribution in [-0.2, 0) is 9.53 Å². The van der Waals surface area contributed by atoms with Crippen molar-refractivity contribution in [2.45, 2.75) is 0 Å². The zero-order valence-corrected chi connectivity index (χ0v) is 11.9. The molecule has 0 heterocycles. The Morgan fingerprint density at radius 3 is 2.64 bits per heavy atom. The van der Waals surface area contributed by atoms with Gasteiger partial charge in [-0.1, -0.05) is 18.2 Å². The standard InChI is InChI=1S/C16H15NO5/c1-21-14-8-3-2-7-13(14)17-15(19)10-22-16(20)11-5-4-6-12(18)9-11/h2-9,18H,10H2,1H3,(H,17,19).